The Hall–Kier alpha value is -1.08. The zero-order valence-electron chi connectivity index (χ0n) is 8.08. The summed E-state index contributed by atoms with van der Waals surface area (Å²) >= 11 is 0. The highest BCUT2D eigenvalue weighted by atomic mass is 16.5. The van der Waals surface area contributed by atoms with Gasteiger partial charge in [0.25, 0.3) is 0 Å². The lowest BCUT2D eigenvalue weighted by Crippen LogP contribution is -2.17. The van der Waals surface area contributed by atoms with Gasteiger partial charge < -0.3 is 4.74 Å². The van der Waals surface area contributed by atoms with Gasteiger partial charge in [0.05, 0.1) is 12.7 Å². The summed E-state index contributed by atoms with van der Waals surface area (Å²) in [5.74, 6) is 0. The predicted molar refractivity (Wildman–Crippen MR) is 54.3 cm³/mol. The minimum atomic E-state index is 0.236. The van der Waals surface area contributed by atoms with E-state index in [2.05, 4.69) is 44.2 Å². The zero-order chi connectivity index (χ0) is 9.26. The van der Waals surface area contributed by atoms with E-state index in [1.807, 2.05) is 0 Å². The van der Waals surface area contributed by atoms with E-state index < -0.39 is 0 Å². The third-order valence-corrected chi connectivity index (χ3v) is 2.57. The molecule has 0 bridgehead atoms. The van der Waals surface area contributed by atoms with E-state index in [-0.39, 0.29) is 6.10 Å². The van der Waals surface area contributed by atoms with E-state index in [0.717, 1.165) is 6.61 Å². The second kappa shape index (κ2) is 3.35. The van der Waals surface area contributed by atoms with Gasteiger partial charge in [-0.1, -0.05) is 30.3 Å². The van der Waals surface area contributed by atoms with E-state index in [9.17, 15) is 0 Å². The molecule has 1 unspecified atom stereocenters. The van der Waals surface area contributed by atoms with Gasteiger partial charge >= 0.3 is 0 Å². The number of allylic oxidation sites excluding steroid dienone is 1. The number of rotatable bonds is 0. The second-order valence-corrected chi connectivity index (χ2v) is 3.35. The molecule has 2 rings (SSSR count). The number of hydrogen-bond acceptors (Lipinski definition) is 1. The fraction of sp³-hybridized carbons (Fsp3) is 0.333. The summed E-state index contributed by atoms with van der Waals surface area (Å²) in [5, 5.41) is 0. The van der Waals surface area contributed by atoms with Crippen molar-refractivity contribution in [3.05, 3.63) is 41.5 Å². The molecule has 1 aliphatic rings. The highest BCUT2D eigenvalue weighted by molar-refractivity contribution is 5.71. The summed E-state index contributed by atoms with van der Waals surface area (Å²) in [6, 6.07) is 8.44. The van der Waals surface area contributed by atoms with Crippen molar-refractivity contribution in [1.82, 2.24) is 0 Å². The van der Waals surface area contributed by atoms with Gasteiger partial charge in [0, 0.05) is 0 Å². The van der Waals surface area contributed by atoms with Gasteiger partial charge in [-0.25, -0.2) is 0 Å². The molecule has 0 spiro atoms. The van der Waals surface area contributed by atoms with Crippen molar-refractivity contribution in [2.75, 3.05) is 0 Å². The zero-order valence-corrected chi connectivity index (χ0v) is 8.08. The van der Waals surface area contributed by atoms with Gasteiger partial charge in [-0.2, -0.15) is 0 Å². The summed E-state index contributed by atoms with van der Waals surface area (Å²) in [4.78, 5) is 0. The molecule has 1 heteroatoms. The quantitative estimate of drug-likeness (QED) is 0.587. The van der Waals surface area contributed by atoms with Crippen molar-refractivity contribution in [3.8, 4) is 0 Å². The maximum atomic E-state index is 5.64. The fourth-order valence-electron chi connectivity index (χ4n) is 1.84. The molecule has 0 aromatic heterocycles. The molecule has 0 radical (unpaired) electrons. The normalized spacial score (nSPS) is 24.5. The Morgan fingerprint density at radius 1 is 1.38 bits per heavy atom. The number of fused-ring (bicyclic) bond motifs is 1. The molecule has 0 saturated heterocycles. The average molecular weight is 174 g/mol. The highest BCUT2D eigenvalue weighted by Crippen LogP contribution is 2.29. The van der Waals surface area contributed by atoms with E-state index in [1.54, 1.807) is 0 Å². The van der Waals surface area contributed by atoms with Crippen molar-refractivity contribution in [2.24, 2.45) is 0 Å². The fourth-order valence-corrected chi connectivity index (χ4v) is 1.84. The van der Waals surface area contributed by atoms with Crippen molar-refractivity contribution in [2.45, 2.75) is 26.6 Å². The lowest BCUT2D eigenvalue weighted by Gasteiger charge is -2.25. The van der Waals surface area contributed by atoms with Crippen molar-refractivity contribution in [3.63, 3.8) is 0 Å². The molecule has 13 heavy (non-hydrogen) atoms. The Balaban J connectivity index is 2.52. The molecular weight excluding hydrogens is 160 g/mol. The maximum Gasteiger partial charge on any atom is 0.0804 e. The number of ether oxygens (including phenoxy) is 1. The van der Waals surface area contributed by atoms with Crippen molar-refractivity contribution >= 4 is 5.57 Å². The van der Waals surface area contributed by atoms with Crippen LogP contribution in [0.4, 0.5) is 0 Å². The van der Waals surface area contributed by atoms with Crippen molar-refractivity contribution in [1.29, 1.82) is 0 Å². The summed E-state index contributed by atoms with van der Waals surface area (Å²) < 4.78 is 5.64. The van der Waals surface area contributed by atoms with Crippen LogP contribution in [0.2, 0.25) is 0 Å². The van der Waals surface area contributed by atoms with Gasteiger partial charge in [0.1, 0.15) is 0 Å². The Morgan fingerprint density at radius 3 is 2.92 bits per heavy atom. The van der Waals surface area contributed by atoms with Crippen molar-refractivity contribution < 1.29 is 4.74 Å². The summed E-state index contributed by atoms with van der Waals surface area (Å²) in [6.45, 7) is 4.91. The Morgan fingerprint density at radius 2 is 2.15 bits per heavy atom. The van der Waals surface area contributed by atoms with Crippen LogP contribution in [0.1, 0.15) is 25.0 Å². The Bertz CT molecular complexity index is 339. The average Bonchev–Trinajstić information content (AvgIpc) is 2.18. The van der Waals surface area contributed by atoms with Crippen LogP contribution in [-0.4, -0.2) is 6.10 Å². The van der Waals surface area contributed by atoms with Gasteiger partial charge in [0.2, 0.25) is 0 Å². The molecule has 1 aliphatic heterocycles. The first-order valence-corrected chi connectivity index (χ1v) is 4.69. The SMILES string of the molecule is C/C=C1\c2ccccc2COC1C. The standard InChI is InChI=1S/C12H14O/c1-3-11-9(2)13-8-10-6-4-5-7-12(10)11/h3-7,9H,8H2,1-2H3/b11-3-. The summed E-state index contributed by atoms with van der Waals surface area (Å²) in [6.07, 6.45) is 2.38. The van der Waals surface area contributed by atoms with Crippen LogP contribution in [0.5, 0.6) is 0 Å². The Labute approximate surface area is 79.0 Å². The smallest absolute Gasteiger partial charge is 0.0804 e. The molecule has 0 aliphatic carbocycles. The third kappa shape index (κ3) is 1.40. The minimum Gasteiger partial charge on any atom is -0.369 e. The monoisotopic (exact) mass is 174 g/mol. The van der Waals surface area contributed by atoms with Crippen LogP contribution in [0.3, 0.4) is 0 Å². The van der Waals surface area contributed by atoms with Crippen LogP contribution in [0.25, 0.3) is 5.57 Å². The van der Waals surface area contributed by atoms with Gasteiger partial charge in [-0.05, 0) is 30.5 Å². The van der Waals surface area contributed by atoms with Crippen LogP contribution >= 0.6 is 0 Å². The predicted octanol–water partition coefficient (Wildman–Crippen LogP) is 3.01. The molecule has 1 aromatic rings. The first kappa shape index (κ1) is 8.52. The van der Waals surface area contributed by atoms with E-state index >= 15 is 0 Å². The van der Waals surface area contributed by atoms with Crippen LogP contribution in [0, 0.1) is 0 Å². The molecular formula is C12H14O. The lowest BCUT2D eigenvalue weighted by atomic mass is 9.94. The number of hydrogen-bond donors (Lipinski definition) is 0. The molecule has 1 aromatic carbocycles. The Kier molecular flexibility index (Phi) is 2.19. The number of benzene rings is 1. The highest BCUT2D eigenvalue weighted by Gasteiger charge is 2.19. The van der Waals surface area contributed by atoms with Gasteiger partial charge in [-0.3, -0.25) is 0 Å². The summed E-state index contributed by atoms with van der Waals surface area (Å²) in [5.41, 5.74) is 3.96. The molecule has 0 fully saturated rings. The molecule has 0 amide bonds. The first-order chi connectivity index (χ1) is 6.33. The third-order valence-electron chi connectivity index (χ3n) is 2.57. The summed E-state index contributed by atoms with van der Waals surface area (Å²) in [7, 11) is 0. The van der Waals surface area contributed by atoms with E-state index in [1.165, 1.54) is 16.7 Å². The van der Waals surface area contributed by atoms with Gasteiger partial charge in [-0.15, -0.1) is 0 Å². The van der Waals surface area contributed by atoms with Gasteiger partial charge in [0.15, 0.2) is 0 Å². The van der Waals surface area contributed by atoms with Crippen LogP contribution in [0.15, 0.2) is 30.3 Å². The van der Waals surface area contributed by atoms with E-state index in [4.69, 9.17) is 4.74 Å². The lowest BCUT2D eigenvalue weighted by molar-refractivity contribution is 0.0830. The molecule has 1 nitrogen and oxygen atoms in total. The van der Waals surface area contributed by atoms with Crippen LogP contribution in [-0.2, 0) is 11.3 Å². The molecule has 0 saturated carbocycles. The first-order valence-electron chi connectivity index (χ1n) is 4.69. The molecule has 0 N–H and O–H groups in total. The molecule has 1 atom stereocenters. The molecule has 68 valence electrons. The molecule has 1 heterocycles. The topological polar surface area (TPSA) is 9.23 Å². The van der Waals surface area contributed by atoms with Crippen LogP contribution < -0.4 is 0 Å². The minimum absolute atomic E-state index is 0.236. The van der Waals surface area contributed by atoms with E-state index in [0.29, 0.717) is 0 Å². The largest absolute Gasteiger partial charge is 0.369 e. The maximum absolute atomic E-state index is 5.64. The second-order valence-electron chi connectivity index (χ2n) is 3.35.